The average molecular weight is 218 g/mol. The van der Waals surface area contributed by atoms with Crippen LogP contribution in [0.1, 0.15) is 0 Å². The minimum atomic E-state index is -3.63. The molecule has 0 bridgehead atoms. The van der Waals surface area contributed by atoms with E-state index in [2.05, 4.69) is 0 Å². The molecule has 0 aromatic carbocycles. The molecule has 0 amide bonds. The van der Waals surface area contributed by atoms with E-state index in [0.29, 0.717) is 0 Å². The third-order valence-electron chi connectivity index (χ3n) is 0. The molecule has 0 aliphatic carbocycles. The van der Waals surface area contributed by atoms with Crippen molar-refractivity contribution in [1.29, 1.82) is 0 Å². The van der Waals surface area contributed by atoms with Gasteiger partial charge in [0.25, 0.3) is 0 Å². The van der Waals surface area contributed by atoms with Crippen molar-refractivity contribution in [2.45, 2.75) is 0 Å². The molecule has 0 fully saturated rings. The first kappa shape index (κ1) is 44.3. The normalized spacial score (nSPS) is 2.40. The van der Waals surface area contributed by atoms with Crippen LogP contribution in [-0.4, -0.2) is 171 Å². The molecule has 0 saturated heterocycles. The van der Waals surface area contributed by atoms with Crippen molar-refractivity contribution in [3.8, 4) is 0 Å². The van der Waals surface area contributed by atoms with Crippen LogP contribution >= 0.6 is 0 Å². The summed E-state index contributed by atoms with van der Waals surface area (Å²) in [5.74, 6) is 0. The van der Waals surface area contributed by atoms with Crippen molar-refractivity contribution in [1.82, 2.24) is 0 Å². The van der Waals surface area contributed by atoms with Gasteiger partial charge >= 0.3 is 200 Å². The van der Waals surface area contributed by atoms with Gasteiger partial charge in [0, 0.05) is 9.17 Å². The van der Waals surface area contributed by atoms with E-state index >= 15 is 0 Å². The second kappa shape index (κ2) is 36.3. The van der Waals surface area contributed by atoms with Gasteiger partial charge in [0.05, 0.1) is 0 Å². The molecule has 0 saturated carbocycles. The van der Waals surface area contributed by atoms with Gasteiger partial charge in [0.15, 0.2) is 0 Å². The van der Waals surface area contributed by atoms with Gasteiger partial charge in [-0.2, -0.15) is 0 Å². The fraction of sp³-hybridized carbons (Fsp3) is 0. The van der Waals surface area contributed by atoms with E-state index in [0.717, 1.165) is 0 Å². The third kappa shape index (κ3) is 65.1. The Bertz CT molecular complexity index is 45.5. The van der Waals surface area contributed by atoms with Crippen molar-refractivity contribution >= 4 is 171 Å². The second-order valence-electron chi connectivity index (χ2n) is 0.250. The van der Waals surface area contributed by atoms with E-state index in [1.54, 1.807) is 0 Å². The van der Waals surface area contributed by atoms with E-state index in [4.69, 9.17) is 14.1 Å². The predicted molar refractivity (Wildman–Crippen MR) is 35.0 cm³/mol. The van der Waals surface area contributed by atoms with Gasteiger partial charge in [-0.05, 0) is 0 Å². The maximum absolute atomic E-state index is 8.52. The van der Waals surface area contributed by atoms with Gasteiger partial charge in [-0.15, -0.1) is 0 Å². The molecule has 3 nitrogen and oxygen atoms in total. The Hall–Kier alpha value is 6.08. The zero-order chi connectivity index (χ0) is 3.58. The summed E-state index contributed by atoms with van der Waals surface area (Å²) in [6, 6.07) is 0. The van der Waals surface area contributed by atoms with Crippen molar-refractivity contribution in [3.63, 3.8) is 0 Å². The first-order chi connectivity index (χ1) is 1.73. The van der Waals surface area contributed by atoms with Gasteiger partial charge in [-0.3, -0.25) is 0 Å². The van der Waals surface area contributed by atoms with Crippen molar-refractivity contribution in [3.05, 3.63) is 0 Å². The molecule has 0 N–H and O–H groups in total. The van der Waals surface area contributed by atoms with Gasteiger partial charge in [0.1, 0.15) is 0 Å². The summed E-state index contributed by atoms with van der Waals surface area (Å²) in [7, 11) is -3.63. The van der Waals surface area contributed by atoms with E-state index in [1.165, 1.54) is 0 Å². The van der Waals surface area contributed by atoms with Gasteiger partial charge in [-0.25, -0.2) is 0 Å². The van der Waals surface area contributed by atoms with Crippen LogP contribution < -0.4 is 47.3 Å². The molecule has 0 unspecified atom stereocenters. The van der Waals surface area contributed by atoms with Crippen molar-refractivity contribution in [2.75, 3.05) is 0 Å². The quantitative estimate of drug-likeness (QED) is 0.379. The third-order valence-corrected chi connectivity index (χ3v) is 0. The first-order valence-corrected chi connectivity index (χ1v) is 1.84. The number of hydrogen-bond donors (Lipinski definition) is 0. The molecule has 0 rings (SSSR count). The predicted octanol–water partition coefficient (Wildman–Crippen LogP) is -11.5. The second-order valence-corrected chi connectivity index (χ2v) is 0.750. The molecule has 0 aromatic rings. The van der Waals surface area contributed by atoms with E-state index in [-0.39, 0.29) is 200 Å². The molecular weight excluding hydrogens is 214 g/mol. The Kier molecular flexibility index (Phi) is 161. The van der Waals surface area contributed by atoms with Gasteiger partial charge in [-0.1, -0.05) is 0 Å². The Morgan fingerprint density at radius 2 is 0.900 bits per heavy atom. The SMILES string of the molecule is O=[Si]([O-])[O-].[KH].[KH].[Li+].[Li+].[NaH].[NaH]. The Morgan fingerprint density at radius 1 is 0.900 bits per heavy atom. The molecule has 10 heteroatoms. The number of rotatable bonds is 0. The monoisotopic (exact) mass is 218 g/mol. The van der Waals surface area contributed by atoms with Crippen LogP contribution in [0.3, 0.4) is 0 Å². The Morgan fingerprint density at radius 3 is 0.900 bits per heavy atom. The molecule has 0 aromatic heterocycles. The fourth-order valence-corrected chi connectivity index (χ4v) is 0. The van der Waals surface area contributed by atoms with E-state index in [1.807, 2.05) is 0 Å². The zero-order valence-electron chi connectivity index (χ0n) is 3.72. The van der Waals surface area contributed by atoms with Crippen LogP contribution in [-0.2, 0) is 4.46 Å². The summed E-state index contributed by atoms with van der Waals surface area (Å²) < 4.78 is 8.52. The molecule has 10 heavy (non-hydrogen) atoms. The maximum atomic E-state index is 8.52. The summed E-state index contributed by atoms with van der Waals surface area (Å²) in [6.45, 7) is 0. The standard InChI is InChI=1S/2K.2Li.2Na.O3Si.4H/c;;;;;;1-4(2)3;;;;/q;;2*+1;;;-2;;;;. The Balaban J connectivity index is -0.00000000300. The molecule has 0 radical (unpaired) electrons. The molecule has 0 spiro atoms. The summed E-state index contributed by atoms with van der Waals surface area (Å²) in [5, 5.41) is 0. The minimum absolute atomic E-state index is 0. The molecule has 0 heterocycles. The summed E-state index contributed by atoms with van der Waals surface area (Å²) in [4.78, 5) is 17.0. The molecule has 32 valence electrons. The van der Waals surface area contributed by atoms with Crippen LogP contribution in [0, 0.1) is 0 Å². The average Bonchev–Trinajstić information content (AvgIpc) is 0.811. The summed E-state index contributed by atoms with van der Waals surface area (Å²) in [5.41, 5.74) is 0. The zero-order valence-corrected chi connectivity index (χ0v) is 4.72. The topological polar surface area (TPSA) is 63.2 Å². The van der Waals surface area contributed by atoms with Crippen LogP contribution in [0.25, 0.3) is 0 Å². The molecular formula is H4K2Li2Na2O3Si. The number of hydrogen-bond acceptors (Lipinski definition) is 3. The molecule has 0 aliphatic rings. The van der Waals surface area contributed by atoms with Gasteiger partial charge in [0.2, 0.25) is 0 Å². The molecule has 0 atom stereocenters. The van der Waals surface area contributed by atoms with E-state index < -0.39 is 9.17 Å². The van der Waals surface area contributed by atoms with Crippen LogP contribution in [0.2, 0.25) is 0 Å². The van der Waals surface area contributed by atoms with E-state index in [9.17, 15) is 0 Å². The molecule has 0 aliphatic heterocycles. The summed E-state index contributed by atoms with van der Waals surface area (Å²) >= 11 is 0. The van der Waals surface area contributed by atoms with Crippen LogP contribution in [0.5, 0.6) is 0 Å². The van der Waals surface area contributed by atoms with Crippen molar-refractivity contribution < 1.29 is 51.8 Å². The Labute approximate surface area is 216 Å². The van der Waals surface area contributed by atoms with Crippen LogP contribution in [0.15, 0.2) is 0 Å². The van der Waals surface area contributed by atoms with Gasteiger partial charge < -0.3 is 14.1 Å². The fourth-order valence-electron chi connectivity index (χ4n) is 0. The summed E-state index contributed by atoms with van der Waals surface area (Å²) in [6.07, 6.45) is 0. The van der Waals surface area contributed by atoms with Crippen LogP contribution in [0.4, 0.5) is 0 Å². The first-order valence-electron chi connectivity index (χ1n) is 0.612. The van der Waals surface area contributed by atoms with Crippen molar-refractivity contribution in [2.24, 2.45) is 0 Å².